The lowest BCUT2D eigenvalue weighted by molar-refractivity contribution is 0.931. The van der Waals surface area contributed by atoms with E-state index in [0.717, 1.165) is 21.9 Å². The van der Waals surface area contributed by atoms with E-state index in [1.54, 1.807) is 22.0 Å². The number of hydrogen-bond acceptors (Lipinski definition) is 4. The summed E-state index contributed by atoms with van der Waals surface area (Å²) >= 11 is 1.64. The lowest BCUT2D eigenvalue weighted by Crippen LogP contribution is -1.94. The minimum atomic E-state index is 0.809. The second-order valence-electron chi connectivity index (χ2n) is 3.25. The highest BCUT2D eigenvalue weighted by Gasteiger charge is 2.10. The Morgan fingerprint density at radius 3 is 3.00 bits per heavy atom. The van der Waals surface area contributed by atoms with Crippen LogP contribution in [0.3, 0.4) is 0 Å². The van der Waals surface area contributed by atoms with Crippen molar-refractivity contribution in [1.82, 2.24) is 19.8 Å². The lowest BCUT2D eigenvalue weighted by Gasteiger charge is -1.96. The van der Waals surface area contributed by atoms with Crippen LogP contribution >= 0.6 is 11.3 Å². The van der Waals surface area contributed by atoms with E-state index < -0.39 is 0 Å². The van der Waals surface area contributed by atoms with Gasteiger partial charge in [0.15, 0.2) is 11.5 Å². The van der Waals surface area contributed by atoms with Crippen molar-refractivity contribution in [1.29, 1.82) is 0 Å². The fourth-order valence-electron chi connectivity index (χ4n) is 1.48. The molecule has 74 valence electrons. The number of aryl methyl sites for hydroxylation is 1. The summed E-state index contributed by atoms with van der Waals surface area (Å²) in [5.41, 5.74) is 1.90. The number of hydrogen-bond donors (Lipinski definition) is 0. The number of aromatic nitrogens is 4. The van der Waals surface area contributed by atoms with E-state index >= 15 is 0 Å². The average molecular weight is 216 g/mol. The van der Waals surface area contributed by atoms with Crippen LogP contribution in [0.2, 0.25) is 0 Å². The van der Waals surface area contributed by atoms with E-state index in [0.29, 0.717) is 0 Å². The average Bonchev–Trinajstić information content (AvgIpc) is 2.85. The van der Waals surface area contributed by atoms with E-state index in [9.17, 15) is 0 Å². The molecule has 0 fully saturated rings. The molecule has 4 nitrogen and oxygen atoms in total. The number of rotatable bonds is 1. The standard InChI is InChI=1S/C10H8N4S/c1-7-4-5-11-14-9(7)12-13-10(14)8-3-2-6-15-8/h2-6H,1H3. The Kier molecular flexibility index (Phi) is 1.78. The molecule has 3 heterocycles. The van der Waals surface area contributed by atoms with Gasteiger partial charge in [0.1, 0.15) is 0 Å². The molecule has 3 rings (SSSR count). The molecule has 0 unspecified atom stereocenters. The molecule has 3 aromatic heterocycles. The highest BCUT2D eigenvalue weighted by molar-refractivity contribution is 7.13. The van der Waals surface area contributed by atoms with Crippen molar-refractivity contribution in [3.8, 4) is 10.7 Å². The van der Waals surface area contributed by atoms with Crippen LogP contribution in [0.1, 0.15) is 5.56 Å². The van der Waals surface area contributed by atoms with Gasteiger partial charge in [0.2, 0.25) is 0 Å². The van der Waals surface area contributed by atoms with Gasteiger partial charge in [-0.2, -0.15) is 9.61 Å². The Hall–Kier alpha value is -1.75. The smallest absolute Gasteiger partial charge is 0.192 e. The quantitative estimate of drug-likeness (QED) is 0.626. The topological polar surface area (TPSA) is 43.1 Å². The number of fused-ring (bicyclic) bond motifs is 1. The van der Waals surface area contributed by atoms with Crippen LogP contribution in [0.15, 0.2) is 29.8 Å². The number of thiophene rings is 1. The highest BCUT2D eigenvalue weighted by atomic mass is 32.1. The molecule has 0 atom stereocenters. The van der Waals surface area contributed by atoms with Gasteiger partial charge in [-0.25, -0.2) is 0 Å². The van der Waals surface area contributed by atoms with Gasteiger partial charge in [0.05, 0.1) is 4.88 Å². The summed E-state index contributed by atoms with van der Waals surface area (Å²) in [7, 11) is 0. The minimum absolute atomic E-state index is 0.809. The molecule has 0 saturated heterocycles. The third-order valence-electron chi connectivity index (χ3n) is 2.24. The van der Waals surface area contributed by atoms with Crippen LogP contribution in [-0.4, -0.2) is 19.8 Å². The Labute approximate surface area is 90.2 Å². The van der Waals surface area contributed by atoms with Gasteiger partial charge in [0, 0.05) is 6.20 Å². The second-order valence-corrected chi connectivity index (χ2v) is 4.20. The van der Waals surface area contributed by atoms with Gasteiger partial charge in [-0.1, -0.05) is 6.07 Å². The normalized spacial score (nSPS) is 11.0. The van der Waals surface area contributed by atoms with Crippen LogP contribution < -0.4 is 0 Å². The predicted octanol–water partition coefficient (Wildman–Crippen LogP) is 2.16. The van der Waals surface area contributed by atoms with Gasteiger partial charge >= 0.3 is 0 Å². The Balaban J connectivity index is 2.34. The zero-order chi connectivity index (χ0) is 10.3. The van der Waals surface area contributed by atoms with E-state index in [1.807, 2.05) is 30.5 Å². The third-order valence-corrected chi connectivity index (χ3v) is 3.11. The number of nitrogens with zero attached hydrogens (tertiary/aromatic N) is 4. The maximum atomic E-state index is 4.26. The van der Waals surface area contributed by atoms with E-state index in [2.05, 4.69) is 15.3 Å². The van der Waals surface area contributed by atoms with Gasteiger partial charge in [-0.05, 0) is 30.0 Å². The first-order valence-electron chi connectivity index (χ1n) is 4.57. The van der Waals surface area contributed by atoms with Gasteiger partial charge in [0.25, 0.3) is 0 Å². The van der Waals surface area contributed by atoms with Gasteiger partial charge < -0.3 is 0 Å². The summed E-state index contributed by atoms with van der Waals surface area (Å²) < 4.78 is 1.78. The van der Waals surface area contributed by atoms with Gasteiger partial charge in [-0.3, -0.25) is 0 Å². The fourth-order valence-corrected chi connectivity index (χ4v) is 2.17. The molecule has 0 spiro atoms. The molecule has 0 aliphatic heterocycles. The van der Waals surface area contributed by atoms with Crippen LogP contribution in [-0.2, 0) is 0 Å². The van der Waals surface area contributed by atoms with Crippen molar-refractivity contribution in [2.75, 3.05) is 0 Å². The Morgan fingerprint density at radius 1 is 1.27 bits per heavy atom. The van der Waals surface area contributed by atoms with E-state index in [-0.39, 0.29) is 0 Å². The van der Waals surface area contributed by atoms with E-state index in [1.165, 1.54) is 0 Å². The summed E-state index contributed by atoms with van der Waals surface area (Å²) in [4.78, 5) is 1.08. The second kappa shape index (κ2) is 3.13. The molecule has 0 radical (unpaired) electrons. The van der Waals surface area contributed by atoms with E-state index in [4.69, 9.17) is 0 Å². The summed E-state index contributed by atoms with van der Waals surface area (Å²) in [5.74, 6) is 0.809. The highest BCUT2D eigenvalue weighted by Crippen LogP contribution is 2.22. The van der Waals surface area contributed by atoms with Crippen molar-refractivity contribution < 1.29 is 0 Å². The third kappa shape index (κ3) is 1.24. The predicted molar refractivity (Wildman–Crippen MR) is 58.8 cm³/mol. The fraction of sp³-hybridized carbons (Fsp3) is 0.100. The monoisotopic (exact) mass is 216 g/mol. The molecular weight excluding hydrogens is 208 g/mol. The molecule has 0 saturated carbocycles. The molecule has 0 amide bonds. The van der Waals surface area contributed by atoms with Crippen molar-refractivity contribution in [3.05, 3.63) is 35.3 Å². The zero-order valence-corrected chi connectivity index (χ0v) is 8.90. The van der Waals surface area contributed by atoms with Crippen LogP contribution in [0.25, 0.3) is 16.3 Å². The molecule has 0 aliphatic carbocycles. The van der Waals surface area contributed by atoms with Gasteiger partial charge in [-0.15, -0.1) is 21.5 Å². The first-order valence-corrected chi connectivity index (χ1v) is 5.45. The minimum Gasteiger partial charge on any atom is -0.192 e. The molecule has 0 aliphatic rings. The van der Waals surface area contributed by atoms with Crippen molar-refractivity contribution in [2.24, 2.45) is 0 Å². The first kappa shape index (κ1) is 8.55. The first-order chi connectivity index (χ1) is 7.36. The maximum Gasteiger partial charge on any atom is 0.195 e. The summed E-state index contributed by atoms with van der Waals surface area (Å²) in [5, 5.41) is 14.6. The lowest BCUT2D eigenvalue weighted by atomic mass is 10.3. The SMILES string of the molecule is Cc1ccnn2c(-c3cccs3)nnc12. The largest absolute Gasteiger partial charge is 0.195 e. The molecule has 0 aromatic carbocycles. The molecule has 0 bridgehead atoms. The van der Waals surface area contributed by atoms with Crippen molar-refractivity contribution >= 4 is 17.0 Å². The van der Waals surface area contributed by atoms with Crippen molar-refractivity contribution in [2.45, 2.75) is 6.92 Å². The molecule has 0 N–H and O–H groups in total. The van der Waals surface area contributed by atoms with Crippen LogP contribution in [0.5, 0.6) is 0 Å². The maximum absolute atomic E-state index is 4.26. The summed E-state index contributed by atoms with van der Waals surface area (Å²) in [6.07, 6.45) is 1.77. The molecule has 15 heavy (non-hydrogen) atoms. The summed E-state index contributed by atoms with van der Waals surface area (Å²) in [6, 6.07) is 5.95. The Morgan fingerprint density at radius 2 is 2.20 bits per heavy atom. The zero-order valence-electron chi connectivity index (χ0n) is 8.08. The van der Waals surface area contributed by atoms with Crippen molar-refractivity contribution in [3.63, 3.8) is 0 Å². The van der Waals surface area contributed by atoms with Crippen LogP contribution in [0.4, 0.5) is 0 Å². The molecule has 5 heteroatoms. The summed E-state index contributed by atoms with van der Waals surface area (Å²) in [6.45, 7) is 2.00. The molecule has 3 aromatic rings. The Bertz CT molecular complexity index is 597. The van der Waals surface area contributed by atoms with Crippen LogP contribution in [0, 0.1) is 6.92 Å². The molecular formula is C10H8N4S.